The number of nitrogens with one attached hydrogen (secondary N) is 1. The first kappa shape index (κ1) is 39.6. The van der Waals surface area contributed by atoms with Crippen LogP contribution in [0.4, 0.5) is 5.88 Å². The topological polar surface area (TPSA) is 170 Å². The summed E-state index contributed by atoms with van der Waals surface area (Å²) >= 11 is 6.80. The van der Waals surface area contributed by atoms with Crippen LogP contribution in [0.2, 0.25) is 5.02 Å². The van der Waals surface area contributed by atoms with Crippen LogP contribution < -0.4 is 14.8 Å². The third kappa shape index (κ3) is 7.83. The zero-order valence-electron chi connectivity index (χ0n) is 32.8. The molecular weight excluding hydrogens is 740 g/mol. The number of methoxy groups -OCH3 is 1. The maximum atomic E-state index is 14.7. The van der Waals surface area contributed by atoms with Crippen LogP contribution in [0.1, 0.15) is 79.6 Å². The van der Waals surface area contributed by atoms with Crippen LogP contribution in [-0.2, 0) is 23.9 Å². The fourth-order valence-electron chi connectivity index (χ4n) is 8.67. The lowest BCUT2D eigenvalue weighted by molar-refractivity contribution is -0.157. The molecule has 3 aliphatic carbocycles. The summed E-state index contributed by atoms with van der Waals surface area (Å²) in [6, 6.07) is 6.01. The molecular formula is C42H51ClN4O9. The average molecular weight is 791 g/mol. The monoisotopic (exact) mass is 790 g/mol. The number of benzene rings is 1. The SMILES string of the molecule is C=C[C@@H]1C[C@]1(CC(=O)C1C[C@@H](Oc2cc(-c3cc(NC(C)C)on3)nc3c(Cl)c(OC)ccc23)CN1C(=O)[C@@H](CC(=O)OC1C[C@@H]2C[C@@H]2C1)C(C)(C)C)C(=O)O. The quantitative estimate of drug-likeness (QED) is 0.116. The van der Waals surface area contributed by atoms with E-state index in [0.717, 1.165) is 12.8 Å². The summed E-state index contributed by atoms with van der Waals surface area (Å²) in [5, 5.41) is 18.4. The summed E-state index contributed by atoms with van der Waals surface area (Å²) in [5.74, 6) is -0.924. The van der Waals surface area contributed by atoms with Gasteiger partial charge in [-0.1, -0.05) is 43.6 Å². The first-order chi connectivity index (χ1) is 26.5. The van der Waals surface area contributed by atoms with Crippen molar-refractivity contribution >= 4 is 52.0 Å². The largest absolute Gasteiger partial charge is 0.495 e. The number of pyridine rings is 1. The lowest BCUT2D eigenvalue weighted by Crippen LogP contribution is -2.48. The molecule has 1 aromatic carbocycles. The molecule has 7 rings (SSSR count). The molecule has 1 aliphatic heterocycles. The Morgan fingerprint density at radius 1 is 1.09 bits per heavy atom. The first-order valence-electron chi connectivity index (χ1n) is 19.5. The summed E-state index contributed by atoms with van der Waals surface area (Å²) in [6.07, 6.45) is 3.65. The number of carbonyl (C=O) groups is 4. The summed E-state index contributed by atoms with van der Waals surface area (Å²) in [6.45, 7) is 13.4. The van der Waals surface area contributed by atoms with E-state index in [2.05, 4.69) is 17.1 Å². The number of ether oxygens (including phenoxy) is 3. The molecule has 2 aromatic heterocycles. The zero-order valence-corrected chi connectivity index (χ0v) is 33.6. The zero-order chi connectivity index (χ0) is 40.3. The highest BCUT2D eigenvalue weighted by atomic mass is 35.5. The number of allylic oxidation sites excluding steroid dienone is 1. The van der Waals surface area contributed by atoms with E-state index in [9.17, 15) is 24.3 Å². The highest BCUT2D eigenvalue weighted by Crippen LogP contribution is 2.57. The number of hydrogen-bond donors (Lipinski definition) is 2. The van der Waals surface area contributed by atoms with E-state index < -0.39 is 40.8 Å². The number of rotatable bonds is 15. The summed E-state index contributed by atoms with van der Waals surface area (Å²) < 4.78 is 23.6. The van der Waals surface area contributed by atoms with Gasteiger partial charge in [0.1, 0.15) is 34.4 Å². The van der Waals surface area contributed by atoms with Gasteiger partial charge in [0.2, 0.25) is 11.8 Å². The van der Waals surface area contributed by atoms with Crippen molar-refractivity contribution in [2.24, 2.45) is 34.5 Å². The van der Waals surface area contributed by atoms with Crippen LogP contribution in [0.15, 0.2) is 41.4 Å². The predicted molar refractivity (Wildman–Crippen MR) is 208 cm³/mol. The minimum Gasteiger partial charge on any atom is -0.495 e. The second kappa shape index (κ2) is 15.0. The smallest absolute Gasteiger partial charge is 0.310 e. The molecule has 14 heteroatoms. The van der Waals surface area contributed by atoms with E-state index >= 15 is 0 Å². The Bertz CT molecular complexity index is 2050. The van der Waals surface area contributed by atoms with Crippen LogP contribution >= 0.6 is 11.6 Å². The van der Waals surface area contributed by atoms with Crippen molar-refractivity contribution in [3.63, 3.8) is 0 Å². The third-order valence-corrected chi connectivity index (χ3v) is 12.4. The third-order valence-electron chi connectivity index (χ3n) is 12.0. The van der Waals surface area contributed by atoms with Crippen molar-refractivity contribution in [1.82, 2.24) is 15.0 Å². The van der Waals surface area contributed by atoms with Crippen LogP contribution in [0, 0.1) is 34.5 Å². The van der Waals surface area contributed by atoms with Gasteiger partial charge in [-0.25, -0.2) is 4.98 Å². The number of likely N-dealkylation sites (tertiary alicyclic amines) is 1. The van der Waals surface area contributed by atoms with E-state index in [0.29, 0.717) is 57.9 Å². The maximum Gasteiger partial charge on any atom is 0.310 e. The van der Waals surface area contributed by atoms with Crippen LogP contribution in [0.5, 0.6) is 11.5 Å². The molecule has 2 N–H and O–H groups in total. The Kier molecular flexibility index (Phi) is 10.6. The number of hydrogen-bond acceptors (Lipinski definition) is 11. The molecule has 3 heterocycles. The number of nitrogens with zero attached hydrogens (tertiary/aromatic N) is 3. The molecule has 56 heavy (non-hydrogen) atoms. The molecule has 1 amide bonds. The van der Waals surface area contributed by atoms with Gasteiger partial charge in [-0.3, -0.25) is 19.2 Å². The van der Waals surface area contributed by atoms with Gasteiger partial charge in [-0.2, -0.15) is 0 Å². The van der Waals surface area contributed by atoms with Crippen LogP contribution in [0.25, 0.3) is 22.3 Å². The predicted octanol–water partition coefficient (Wildman–Crippen LogP) is 7.35. The molecule has 0 bridgehead atoms. The molecule has 13 nitrogen and oxygen atoms in total. The van der Waals surface area contributed by atoms with Crippen molar-refractivity contribution < 1.29 is 43.0 Å². The molecule has 3 saturated carbocycles. The Balaban J connectivity index is 1.20. The number of anilines is 1. The number of carboxylic acid groups (broad SMARTS) is 1. The Hall–Kier alpha value is -4.65. The van der Waals surface area contributed by atoms with Crippen molar-refractivity contribution in [3.05, 3.63) is 41.9 Å². The second-order valence-electron chi connectivity index (χ2n) is 17.5. The van der Waals surface area contributed by atoms with Crippen molar-refractivity contribution in [2.75, 3.05) is 19.0 Å². The van der Waals surface area contributed by atoms with E-state index in [1.807, 2.05) is 34.6 Å². The van der Waals surface area contributed by atoms with Gasteiger partial charge in [0, 0.05) is 36.4 Å². The van der Waals surface area contributed by atoms with Crippen molar-refractivity contribution in [2.45, 2.75) is 104 Å². The average Bonchev–Trinajstić information content (AvgIpc) is 3.80. The molecule has 1 saturated heterocycles. The van der Waals surface area contributed by atoms with Gasteiger partial charge in [0.05, 0.1) is 48.7 Å². The minimum atomic E-state index is -1.27. The first-order valence-corrected chi connectivity index (χ1v) is 19.8. The highest BCUT2D eigenvalue weighted by molar-refractivity contribution is 6.36. The van der Waals surface area contributed by atoms with Crippen LogP contribution in [-0.4, -0.2) is 81.7 Å². The van der Waals surface area contributed by atoms with Crippen LogP contribution in [0.3, 0.4) is 0 Å². The molecule has 0 radical (unpaired) electrons. The molecule has 0 spiro atoms. The number of fused-ring (bicyclic) bond motifs is 2. The summed E-state index contributed by atoms with van der Waals surface area (Å²) in [7, 11) is 1.51. The fraction of sp³-hybridized carbons (Fsp3) is 0.571. The van der Waals surface area contributed by atoms with E-state index in [-0.39, 0.29) is 60.6 Å². The molecule has 3 aromatic rings. The van der Waals surface area contributed by atoms with Gasteiger partial charge in [-0.15, -0.1) is 6.58 Å². The van der Waals surface area contributed by atoms with Gasteiger partial charge in [-0.05, 0) is 74.8 Å². The summed E-state index contributed by atoms with van der Waals surface area (Å²) in [4.78, 5) is 61.1. The second-order valence-corrected chi connectivity index (χ2v) is 17.8. The van der Waals surface area contributed by atoms with E-state index in [1.165, 1.54) is 18.4 Å². The molecule has 4 fully saturated rings. The molecule has 4 aliphatic rings. The van der Waals surface area contributed by atoms with Crippen molar-refractivity contribution in [1.29, 1.82) is 0 Å². The number of halogens is 1. The number of aromatic nitrogens is 2. The van der Waals surface area contributed by atoms with E-state index in [4.69, 9.17) is 35.3 Å². The minimum absolute atomic E-state index is 0.0171. The molecule has 300 valence electrons. The Labute approximate surface area is 331 Å². The Morgan fingerprint density at radius 2 is 1.82 bits per heavy atom. The van der Waals surface area contributed by atoms with Gasteiger partial charge >= 0.3 is 11.9 Å². The van der Waals surface area contributed by atoms with Gasteiger partial charge in [0.15, 0.2) is 5.78 Å². The maximum absolute atomic E-state index is 14.7. The van der Waals surface area contributed by atoms with Gasteiger partial charge < -0.3 is 34.1 Å². The number of Topliss-reactive ketones (excluding diaryl/α,β-unsaturated/α-hetero) is 1. The summed E-state index contributed by atoms with van der Waals surface area (Å²) in [5.41, 5.74) is -0.726. The standard InChI is InChI=1S/C42H51ClN4O9/c1-8-24-18-42(24,40(51)52)19-32(48)31-14-26(20-47(31)39(50)28(41(4,5)6)15-36(49)55-25-12-22-11-23(22)13-25)54-34-16-29(30-17-35(56-46-30)44-21(2)3)45-38-27(34)9-10-33(53-7)37(38)43/h8-10,16-17,21-26,28,31,44H,1,11-15,18-20H2,2-7H3,(H,51,52)/t22-,23+,24-,25?,26-,28-,31?,42-/m1/s1. The fourth-order valence-corrected chi connectivity index (χ4v) is 8.96. The number of carboxylic acids is 1. The number of carbonyl (C=O) groups excluding carboxylic acids is 3. The molecule has 8 atom stereocenters. The number of ketones is 1. The number of esters is 1. The number of amides is 1. The Morgan fingerprint density at radius 3 is 2.45 bits per heavy atom. The normalized spacial score (nSPS) is 27.1. The van der Waals surface area contributed by atoms with Gasteiger partial charge in [0.25, 0.3) is 0 Å². The van der Waals surface area contributed by atoms with E-state index in [1.54, 1.807) is 30.3 Å². The van der Waals surface area contributed by atoms with Crippen molar-refractivity contribution in [3.8, 4) is 22.9 Å². The molecule has 2 unspecified atom stereocenters. The lowest BCUT2D eigenvalue weighted by Gasteiger charge is -2.35. The lowest BCUT2D eigenvalue weighted by atomic mass is 9.77. The number of aliphatic carboxylic acids is 1. The highest BCUT2D eigenvalue weighted by Gasteiger charge is 2.61.